The molecule has 0 amide bonds. The van der Waals surface area contributed by atoms with Crippen molar-refractivity contribution in [1.29, 1.82) is 0 Å². The van der Waals surface area contributed by atoms with Gasteiger partial charge in [-0.25, -0.2) is 5.43 Å². The van der Waals surface area contributed by atoms with Crippen molar-refractivity contribution in [2.45, 2.75) is 19.5 Å². The van der Waals surface area contributed by atoms with Gasteiger partial charge in [-0.2, -0.15) is 0 Å². The summed E-state index contributed by atoms with van der Waals surface area (Å²) in [5.74, 6) is 0.424. The standard InChI is InChI=1S/C13H19N4O/c1-2-15-17-9-10-8-16(18)7-5-11(10)12-4-3-6-14-13(12)17/h3-4,6,9,11,13-15H,2,5,7-8H2,1H3/q+1. The number of hydrogen-bond acceptors (Lipinski definition) is 4. The maximum absolute atomic E-state index is 11.5. The lowest BCUT2D eigenvalue weighted by atomic mass is 9.81. The molecule has 0 saturated carbocycles. The minimum absolute atomic E-state index is 0.182. The molecule has 3 rings (SSSR count). The molecule has 0 aromatic rings. The Labute approximate surface area is 107 Å². The number of nitrogens with one attached hydrogen (secondary N) is 2. The lowest BCUT2D eigenvalue weighted by Crippen LogP contribution is -2.54. The van der Waals surface area contributed by atoms with E-state index >= 15 is 0 Å². The van der Waals surface area contributed by atoms with E-state index < -0.39 is 0 Å². The van der Waals surface area contributed by atoms with E-state index in [0.717, 1.165) is 17.7 Å². The van der Waals surface area contributed by atoms with Crippen LogP contribution in [0, 0.1) is 10.8 Å². The van der Waals surface area contributed by atoms with Crippen LogP contribution in [0.2, 0.25) is 0 Å². The zero-order valence-corrected chi connectivity index (χ0v) is 10.6. The first-order valence-corrected chi connectivity index (χ1v) is 6.56. The van der Waals surface area contributed by atoms with E-state index in [9.17, 15) is 4.91 Å². The number of hydrogen-bond donors (Lipinski definition) is 2. The van der Waals surface area contributed by atoms with Gasteiger partial charge < -0.3 is 5.32 Å². The van der Waals surface area contributed by atoms with Crippen molar-refractivity contribution in [3.8, 4) is 0 Å². The van der Waals surface area contributed by atoms with Crippen LogP contribution in [0.1, 0.15) is 13.3 Å². The molecule has 2 atom stereocenters. The van der Waals surface area contributed by atoms with Crippen LogP contribution in [-0.4, -0.2) is 35.6 Å². The predicted molar refractivity (Wildman–Crippen MR) is 69.2 cm³/mol. The van der Waals surface area contributed by atoms with Crippen LogP contribution >= 0.6 is 0 Å². The van der Waals surface area contributed by atoms with E-state index in [2.05, 4.69) is 35.0 Å². The Kier molecular flexibility index (Phi) is 2.91. The van der Waals surface area contributed by atoms with E-state index in [4.69, 9.17) is 0 Å². The molecular weight excluding hydrogens is 228 g/mol. The smallest absolute Gasteiger partial charge is 0.215 e. The Morgan fingerprint density at radius 2 is 2.50 bits per heavy atom. The molecule has 0 aromatic carbocycles. The summed E-state index contributed by atoms with van der Waals surface area (Å²) in [5, 5.41) is 5.46. The van der Waals surface area contributed by atoms with Gasteiger partial charge in [0.25, 0.3) is 0 Å². The summed E-state index contributed by atoms with van der Waals surface area (Å²) in [7, 11) is 0. The summed E-state index contributed by atoms with van der Waals surface area (Å²) in [5.41, 5.74) is 5.91. The number of piperidine rings is 1. The molecule has 1 fully saturated rings. The lowest BCUT2D eigenvalue weighted by molar-refractivity contribution is -0.549. The molecule has 5 heteroatoms. The second-order valence-electron chi connectivity index (χ2n) is 4.92. The highest BCUT2D eigenvalue weighted by Gasteiger charge is 2.39. The number of hydrazine groups is 1. The van der Waals surface area contributed by atoms with Gasteiger partial charge >= 0.3 is 0 Å². The third kappa shape index (κ3) is 1.84. The normalized spacial score (nSPS) is 30.1. The minimum Gasteiger partial charge on any atom is -0.367 e. The second kappa shape index (κ2) is 4.57. The molecule has 18 heavy (non-hydrogen) atoms. The predicted octanol–water partition coefficient (Wildman–Crippen LogP) is 0.879. The van der Waals surface area contributed by atoms with Gasteiger partial charge in [0.15, 0.2) is 6.54 Å². The summed E-state index contributed by atoms with van der Waals surface area (Å²) in [6.45, 7) is 4.11. The molecule has 3 aliphatic rings. The van der Waals surface area contributed by atoms with Crippen molar-refractivity contribution in [3.05, 3.63) is 40.6 Å². The molecule has 5 nitrogen and oxygen atoms in total. The molecule has 0 bridgehead atoms. The number of fused-ring (bicyclic) bond motifs is 3. The lowest BCUT2D eigenvalue weighted by Gasteiger charge is -2.42. The fourth-order valence-corrected chi connectivity index (χ4v) is 2.98. The highest BCUT2D eigenvalue weighted by atomic mass is 16.3. The van der Waals surface area contributed by atoms with Crippen molar-refractivity contribution < 1.29 is 4.76 Å². The molecule has 3 aliphatic heterocycles. The van der Waals surface area contributed by atoms with Crippen molar-refractivity contribution in [3.63, 3.8) is 0 Å². The van der Waals surface area contributed by atoms with Crippen LogP contribution in [0.3, 0.4) is 0 Å². The first-order chi connectivity index (χ1) is 8.79. The molecule has 0 radical (unpaired) electrons. The summed E-state index contributed by atoms with van der Waals surface area (Å²) >= 11 is 0. The number of allylic oxidation sites excluding steroid dienone is 2. The Morgan fingerprint density at radius 1 is 1.61 bits per heavy atom. The minimum atomic E-state index is 0.182. The van der Waals surface area contributed by atoms with Crippen LogP contribution in [0.4, 0.5) is 0 Å². The fraction of sp³-hybridized carbons (Fsp3) is 0.538. The van der Waals surface area contributed by atoms with Crippen molar-refractivity contribution in [1.82, 2.24) is 15.8 Å². The maximum Gasteiger partial charge on any atom is 0.215 e. The quantitative estimate of drug-likeness (QED) is 0.711. The van der Waals surface area contributed by atoms with E-state index in [1.54, 1.807) is 0 Å². The molecule has 2 unspecified atom stereocenters. The average Bonchev–Trinajstić information content (AvgIpc) is 2.39. The zero-order valence-electron chi connectivity index (χ0n) is 10.6. The monoisotopic (exact) mass is 247 g/mol. The molecule has 1 saturated heterocycles. The van der Waals surface area contributed by atoms with Gasteiger partial charge in [0.05, 0.1) is 0 Å². The third-order valence-electron chi connectivity index (χ3n) is 3.75. The molecule has 3 heterocycles. The third-order valence-corrected chi connectivity index (χ3v) is 3.75. The molecule has 96 valence electrons. The highest BCUT2D eigenvalue weighted by Crippen LogP contribution is 2.35. The van der Waals surface area contributed by atoms with Gasteiger partial charge in [-0.3, -0.25) is 5.01 Å². The van der Waals surface area contributed by atoms with Crippen molar-refractivity contribution >= 4 is 0 Å². The van der Waals surface area contributed by atoms with E-state index in [0.29, 0.717) is 19.0 Å². The Bertz CT molecular complexity index is 452. The largest absolute Gasteiger partial charge is 0.367 e. The molecule has 0 aromatic heterocycles. The average molecular weight is 247 g/mol. The number of rotatable bonds is 2. The topological polar surface area (TPSA) is 47.4 Å². The first-order valence-electron chi connectivity index (χ1n) is 6.56. The summed E-state index contributed by atoms with van der Waals surface area (Å²) in [6.07, 6.45) is 9.41. The van der Waals surface area contributed by atoms with Gasteiger partial charge in [-0.15, -0.1) is 0 Å². The number of nitrogens with zero attached hydrogens (tertiary/aromatic N) is 2. The Balaban J connectivity index is 1.95. The van der Waals surface area contributed by atoms with Crippen LogP contribution in [0.25, 0.3) is 0 Å². The highest BCUT2D eigenvalue weighted by molar-refractivity contribution is 5.35. The second-order valence-corrected chi connectivity index (χ2v) is 4.92. The van der Waals surface area contributed by atoms with Crippen molar-refractivity contribution in [2.75, 3.05) is 19.6 Å². The Hall–Kier alpha value is -1.62. The SMILES string of the molecule is CCNN1C=C2C[N+](=O)CCC2C2=CC=CNC21. The van der Waals surface area contributed by atoms with Gasteiger partial charge in [0.1, 0.15) is 6.17 Å². The molecular formula is C13H19N4O+. The molecule has 0 spiro atoms. The Morgan fingerprint density at radius 3 is 3.33 bits per heavy atom. The maximum atomic E-state index is 11.5. The van der Waals surface area contributed by atoms with E-state index in [1.165, 1.54) is 11.1 Å². The fourth-order valence-electron chi connectivity index (χ4n) is 2.98. The first kappa shape index (κ1) is 11.5. The zero-order chi connectivity index (χ0) is 12.5. The van der Waals surface area contributed by atoms with Crippen LogP contribution < -0.4 is 10.7 Å². The van der Waals surface area contributed by atoms with Gasteiger partial charge in [-0.05, 0) is 17.8 Å². The summed E-state index contributed by atoms with van der Waals surface area (Å²) < 4.78 is 1.15. The van der Waals surface area contributed by atoms with Gasteiger partial charge in [0.2, 0.25) is 6.54 Å². The molecule has 2 N–H and O–H groups in total. The van der Waals surface area contributed by atoms with Crippen LogP contribution in [0.15, 0.2) is 35.7 Å². The number of nitroso groups, excluding NO2 is 1. The van der Waals surface area contributed by atoms with Crippen LogP contribution in [0.5, 0.6) is 0 Å². The van der Waals surface area contributed by atoms with Crippen LogP contribution in [-0.2, 0) is 0 Å². The van der Waals surface area contributed by atoms with E-state index in [1.807, 2.05) is 12.3 Å². The molecule has 0 aliphatic carbocycles. The van der Waals surface area contributed by atoms with Crippen molar-refractivity contribution in [2.24, 2.45) is 5.92 Å². The van der Waals surface area contributed by atoms with E-state index in [-0.39, 0.29) is 6.17 Å². The summed E-state index contributed by atoms with van der Waals surface area (Å²) in [4.78, 5) is 11.5. The van der Waals surface area contributed by atoms with Gasteiger partial charge in [-0.1, -0.05) is 13.0 Å². The summed E-state index contributed by atoms with van der Waals surface area (Å²) in [6, 6.07) is 0. The van der Waals surface area contributed by atoms with Gasteiger partial charge in [0, 0.05) is 40.3 Å². The number of dihydropyridines is 1.